The summed E-state index contributed by atoms with van der Waals surface area (Å²) in [5.41, 5.74) is 6.50. The van der Waals surface area contributed by atoms with E-state index in [1.165, 1.54) is 27.8 Å². The maximum absolute atomic E-state index is 5.25. The van der Waals surface area contributed by atoms with Gasteiger partial charge in [0.1, 0.15) is 5.75 Å². The first kappa shape index (κ1) is 19.4. The number of rotatable bonds is 7. The molecule has 0 fully saturated rings. The van der Waals surface area contributed by atoms with Crippen LogP contribution in [0.1, 0.15) is 24.0 Å². The van der Waals surface area contributed by atoms with Crippen LogP contribution in [0.15, 0.2) is 79.1 Å². The molecule has 0 unspecified atom stereocenters. The number of aryl methyl sites for hydroxylation is 1. The van der Waals surface area contributed by atoms with Crippen LogP contribution < -0.4 is 4.74 Å². The summed E-state index contributed by atoms with van der Waals surface area (Å²) in [6, 6.07) is 21.2. The van der Waals surface area contributed by atoms with Crippen LogP contribution in [0.25, 0.3) is 16.7 Å². The lowest BCUT2D eigenvalue weighted by Crippen LogP contribution is -2.29. The Bertz CT molecular complexity index is 948. The molecule has 0 aliphatic carbocycles. The lowest BCUT2D eigenvalue weighted by atomic mass is 9.99. The average molecular weight is 385 g/mol. The number of hydrogen-bond donors (Lipinski definition) is 0. The summed E-state index contributed by atoms with van der Waals surface area (Å²) < 4.78 is 5.25. The zero-order chi connectivity index (χ0) is 19.9. The van der Waals surface area contributed by atoms with E-state index in [-0.39, 0.29) is 0 Å². The Morgan fingerprint density at radius 1 is 0.931 bits per heavy atom. The third kappa shape index (κ3) is 5.12. The highest BCUT2D eigenvalue weighted by Gasteiger charge is 2.12. The van der Waals surface area contributed by atoms with Gasteiger partial charge in [-0.2, -0.15) is 0 Å². The lowest BCUT2D eigenvalue weighted by molar-refractivity contribution is 0.298. The third-order valence-electron chi connectivity index (χ3n) is 5.60. The molecule has 3 aromatic rings. The van der Waals surface area contributed by atoms with Crippen molar-refractivity contribution in [2.24, 2.45) is 0 Å². The molecule has 1 aromatic heterocycles. The highest BCUT2D eigenvalue weighted by Crippen LogP contribution is 2.24. The van der Waals surface area contributed by atoms with Crippen molar-refractivity contribution < 1.29 is 4.74 Å². The number of benzene rings is 2. The minimum atomic E-state index is 0.879. The molecule has 0 atom stereocenters. The van der Waals surface area contributed by atoms with Crippen LogP contribution in [-0.4, -0.2) is 36.6 Å². The van der Waals surface area contributed by atoms with E-state index in [1.807, 2.05) is 24.5 Å². The largest absolute Gasteiger partial charge is 0.497 e. The fourth-order valence-corrected chi connectivity index (χ4v) is 3.90. The molecule has 0 saturated carbocycles. The van der Waals surface area contributed by atoms with E-state index in [2.05, 4.69) is 64.5 Å². The summed E-state index contributed by atoms with van der Waals surface area (Å²) in [6.45, 7) is 3.32. The van der Waals surface area contributed by atoms with Gasteiger partial charge >= 0.3 is 0 Å². The van der Waals surface area contributed by atoms with Gasteiger partial charge in [0.25, 0.3) is 0 Å². The Kier molecular flexibility index (Phi) is 6.38. The molecule has 4 rings (SSSR count). The second-order valence-corrected chi connectivity index (χ2v) is 7.56. The first-order valence-electron chi connectivity index (χ1n) is 10.4. The van der Waals surface area contributed by atoms with Crippen molar-refractivity contribution in [2.45, 2.75) is 19.3 Å². The Morgan fingerprint density at radius 3 is 2.48 bits per heavy atom. The standard InChI is InChI=1S/C26H28N2O/c1-29-26-11-9-23(10-12-26)25-18-21(19-27-20-25)6-5-15-28-16-13-24(14-17-28)22-7-3-2-4-8-22/h2-4,7-13,18-20H,5-6,14-17H2,1H3. The molecule has 2 heterocycles. The Hall–Kier alpha value is -2.91. The monoisotopic (exact) mass is 384 g/mol. The van der Waals surface area contributed by atoms with Crippen molar-refractivity contribution in [3.05, 3.63) is 90.3 Å². The van der Waals surface area contributed by atoms with Gasteiger partial charge in [-0.3, -0.25) is 9.88 Å². The molecule has 0 radical (unpaired) electrons. The molecule has 3 heteroatoms. The molecule has 0 bridgehead atoms. The molecule has 0 amide bonds. The number of nitrogens with zero attached hydrogens (tertiary/aromatic N) is 2. The van der Waals surface area contributed by atoms with E-state index in [1.54, 1.807) is 7.11 Å². The lowest BCUT2D eigenvalue weighted by Gasteiger charge is -2.26. The van der Waals surface area contributed by atoms with Crippen molar-refractivity contribution in [2.75, 3.05) is 26.7 Å². The van der Waals surface area contributed by atoms with E-state index < -0.39 is 0 Å². The third-order valence-corrected chi connectivity index (χ3v) is 5.60. The van der Waals surface area contributed by atoms with Crippen LogP contribution in [0.3, 0.4) is 0 Å². The van der Waals surface area contributed by atoms with Gasteiger partial charge in [-0.05, 0) is 66.3 Å². The first-order valence-corrected chi connectivity index (χ1v) is 10.4. The molecular weight excluding hydrogens is 356 g/mol. The summed E-state index contributed by atoms with van der Waals surface area (Å²) in [5.74, 6) is 0.879. The fourth-order valence-electron chi connectivity index (χ4n) is 3.90. The van der Waals surface area contributed by atoms with E-state index in [0.717, 1.165) is 44.6 Å². The summed E-state index contributed by atoms with van der Waals surface area (Å²) in [4.78, 5) is 7.01. The summed E-state index contributed by atoms with van der Waals surface area (Å²) in [7, 11) is 1.69. The normalized spacial score (nSPS) is 14.4. The van der Waals surface area contributed by atoms with E-state index in [0.29, 0.717) is 0 Å². The van der Waals surface area contributed by atoms with Gasteiger partial charge in [-0.1, -0.05) is 48.5 Å². The van der Waals surface area contributed by atoms with Crippen LogP contribution in [0.2, 0.25) is 0 Å². The number of aromatic nitrogens is 1. The zero-order valence-electron chi connectivity index (χ0n) is 17.1. The highest BCUT2D eigenvalue weighted by atomic mass is 16.5. The number of pyridine rings is 1. The Labute approximate surface area is 173 Å². The smallest absolute Gasteiger partial charge is 0.118 e. The SMILES string of the molecule is COc1ccc(-c2cncc(CCCN3CC=C(c4ccccc4)CC3)c2)cc1. The van der Waals surface area contributed by atoms with Crippen LogP contribution in [0.5, 0.6) is 5.75 Å². The van der Waals surface area contributed by atoms with Gasteiger partial charge in [-0.25, -0.2) is 0 Å². The second-order valence-electron chi connectivity index (χ2n) is 7.56. The van der Waals surface area contributed by atoms with Crippen molar-refractivity contribution in [3.63, 3.8) is 0 Å². The van der Waals surface area contributed by atoms with Crippen molar-refractivity contribution >= 4 is 5.57 Å². The summed E-state index contributed by atoms with van der Waals surface area (Å²) in [6.07, 6.45) is 9.68. The molecule has 0 N–H and O–H groups in total. The first-order chi connectivity index (χ1) is 14.3. The summed E-state index contributed by atoms with van der Waals surface area (Å²) >= 11 is 0. The minimum absolute atomic E-state index is 0.879. The molecule has 0 saturated heterocycles. The number of methoxy groups -OCH3 is 1. The molecule has 0 spiro atoms. The molecule has 2 aromatic carbocycles. The molecule has 148 valence electrons. The Balaban J connectivity index is 1.29. The molecule has 1 aliphatic heterocycles. The van der Waals surface area contributed by atoms with Gasteiger partial charge in [-0.15, -0.1) is 0 Å². The van der Waals surface area contributed by atoms with E-state index in [4.69, 9.17) is 4.74 Å². The Morgan fingerprint density at radius 2 is 1.76 bits per heavy atom. The van der Waals surface area contributed by atoms with Crippen LogP contribution >= 0.6 is 0 Å². The highest BCUT2D eigenvalue weighted by molar-refractivity contribution is 5.66. The van der Waals surface area contributed by atoms with Crippen molar-refractivity contribution in [3.8, 4) is 16.9 Å². The van der Waals surface area contributed by atoms with Gasteiger partial charge in [0.2, 0.25) is 0 Å². The maximum Gasteiger partial charge on any atom is 0.118 e. The predicted octanol–water partition coefficient (Wildman–Crippen LogP) is 5.48. The molecule has 3 nitrogen and oxygen atoms in total. The van der Waals surface area contributed by atoms with Gasteiger partial charge in [0, 0.05) is 31.0 Å². The van der Waals surface area contributed by atoms with E-state index >= 15 is 0 Å². The average Bonchev–Trinajstić information content (AvgIpc) is 2.80. The van der Waals surface area contributed by atoms with Crippen molar-refractivity contribution in [1.29, 1.82) is 0 Å². The van der Waals surface area contributed by atoms with Gasteiger partial charge in [0.05, 0.1) is 7.11 Å². The minimum Gasteiger partial charge on any atom is -0.497 e. The number of hydrogen-bond acceptors (Lipinski definition) is 3. The molecular formula is C26H28N2O. The number of ether oxygens (including phenoxy) is 1. The van der Waals surface area contributed by atoms with E-state index in [9.17, 15) is 0 Å². The predicted molar refractivity (Wildman–Crippen MR) is 120 cm³/mol. The quantitative estimate of drug-likeness (QED) is 0.539. The fraction of sp³-hybridized carbons (Fsp3) is 0.269. The van der Waals surface area contributed by atoms with Crippen LogP contribution in [0, 0.1) is 0 Å². The van der Waals surface area contributed by atoms with Gasteiger partial charge in [0.15, 0.2) is 0 Å². The zero-order valence-corrected chi connectivity index (χ0v) is 17.1. The van der Waals surface area contributed by atoms with Crippen LogP contribution in [0.4, 0.5) is 0 Å². The summed E-state index contributed by atoms with van der Waals surface area (Å²) in [5, 5.41) is 0. The van der Waals surface area contributed by atoms with Crippen LogP contribution in [-0.2, 0) is 6.42 Å². The van der Waals surface area contributed by atoms with Crippen molar-refractivity contribution in [1.82, 2.24) is 9.88 Å². The topological polar surface area (TPSA) is 25.4 Å². The van der Waals surface area contributed by atoms with Gasteiger partial charge < -0.3 is 4.74 Å². The second kappa shape index (κ2) is 9.53. The molecule has 1 aliphatic rings. The molecule has 29 heavy (non-hydrogen) atoms. The maximum atomic E-state index is 5.25.